The molecule has 4 heteroatoms. The average Bonchev–Trinajstić information content (AvgIpc) is 2.08. The minimum atomic E-state index is -2.98. The highest BCUT2D eigenvalue weighted by molar-refractivity contribution is 7.89. The van der Waals surface area contributed by atoms with Gasteiger partial charge in [0.2, 0.25) is 10.0 Å². The summed E-state index contributed by atoms with van der Waals surface area (Å²) in [5.74, 6) is 1.51. The van der Waals surface area contributed by atoms with E-state index in [-0.39, 0.29) is 0 Å². The monoisotopic (exact) mass is 219 g/mol. The molecule has 0 aliphatic heterocycles. The molecule has 1 rings (SSSR count). The SMILES string of the molecule is CC1CCC(CS(=O)(=O)N(C)C)CC1. The molecule has 1 aliphatic carbocycles. The molecular formula is C10H21NO2S. The maximum Gasteiger partial charge on any atom is 0.213 e. The van der Waals surface area contributed by atoms with Crippen LogP contribution in [0.4, 0.5) is 0 Å². The van der Waals surface area contributed by atoms with E-state index in [0.717, 1.165) is 18.8 Å². The smallest absolute Gasteiger partial charge is 0.212 e. The van der Waals surface area contributed by atoms with Gasteiger partial charge in [0, 0.05) is 14.1 Å². The van der Waals surface area contributed by atoms with Crippen LogP contribution in [0.2, 0.25) is 0 Å². The highest BCUT2D eigenvalue weighted by atomic mass is 32.2. The summed E-state index contributed by atoms with van der Waals surface area (Å²) in [7, 11) is 0.242. The van der Waals surface area contributed by atoms with Crippen molar-refractivity contribution in [1.29, 1.82) is 0 Å². The summed E-state index contributed by atoms with van der Waals surface area (Å²) in [6.45, 7) is 2.25. The topological polar surface area (TPSA) is 37.4 Å². The molecule has 0 amide bonds. The zero-order valence-corrected chi connectivity index (χ0v) is 10.2. The third kappa shape index (κ3) is 3.24. The second kappa shape index (κ2) is 4.62. The maximum absolute atomic E-state index is 11.6. The van der Waals surface area contributed by atoms with Crippen molar-refractivity contribution in [2.24, 2.45) is 11.8 Å². The summed E-state index contributed by atoms with van der Waals surface area (Å²) < 4.78 is 24.6. The Morgan fingerprint density at radius 3 is 2.07 bits per heavy atom. The molecule has 1 fully saturated rings. The summed E-state index contributed by atoms with van der Waals surface area (Å²) in [5.41, 5.74) is 0. The number of hydrogen-bond donors (Lipinski definition) is 0. The van der Waals surface area contributed by atoms with Gasteiger partial charge in [-0.1, -0.05) is 19.8 Å². The lowest BCUT2D eigenvalue weighted by Crippen LogP contribution is -2.30. The highest BCUT2D eigenvalue weighted by Gasteiger charge is 2.24. The van der Waals surface area contributed by atoms with Gasteiger partial charge in [0.15, 0.2) is 0 Å². The van der Waals surface area contributed by atoms with E-state index in [2.05, 4.69) is 6.92 Å². The predicted molar refractivity (Wildman–Crippen MR) is 58.6 cm³/mol. The minimum absolute atomic E-state index is 0.340. The van der Waals surface area contributed by atoms with Gasteiger partial charge in [-0.25, -0.2) is 12.7 Å². The fourth-order valence-corrected chi connectivity index (χ4v) is 3.17. The Bertz CT molecular complexity index is 264. The van der Waals surface area contributed by atoms with E-state index >= 15 is 0 Å². The largest absolute Gasteiger partial charge is 0.213 e. The van der Waals surface area contributed by atoms with Crippen LogP contribution in [-0.2, 0) is 10.0 Å². The first-order valence-corrected chi connectivity index (χ1v) is 6.93. The summed E-state index contributed by atoms with van der Waals surface area (Å²) in [6.07, 6.45) is 4.53. The van der Waals surface area contributed by atoms with E-state index in [9.17, 15) is 8.42 Å². The van der Waals surface area contributed by atoms with Crippen molar-refractivity contribution in [1.82, 2.24) is 4.31 Å². The lowest BCUT2D eigenvalue weighted by atomic mass is 9.84. The van der Waals surface area contributed by atoms with Crippen LogP contribution in [-0.4, -0.2) is 32.6 Å². The molecule has 0 unspecified atom stereocenters. The summed E-state index contributed by atoms with van der Waals surface area (Å²) in [5, 5.41) is 0. The maximum atomic E-state index is 11.6. The van der Waals surface area contributed by atoms with E-state index in [0.29, 0.717) is 11.7 Å². The molecule has 0 bridgehead atoms. The first-order chi connectivity index (χ1) is 6.42. The van der Waals surface area contributed by atoms with Gasteiger partial charge < -0.3 is 0 Å². The van der Waals surface area contributed by atoms with Crippen molar-refractivity contribution in [2.75, 3.05) is 19.8 Å². The summed E-state index contributed by atoms with van der Waals surface area (Å²) in [4.78, 5) is 0. The van der Waals surface area contributed by atoms with E-state index in [1.807, 2.05) is 0 Å². The molecule has 0 aromatic heterocycles. The molecule has 0 heterocycles. The first-order valence-electron chi connectivity index (χ1n) is 5.32. The fourth-order valence-electron chi connectivity index (χ4n) is 1.94. The van der Waals surface area contributed by atoms with Crippen LogP contribution >= 0.6 is 0 Å². The first kappa shape index (κ1) is 12.0. The molecule has 0 saturated heterocycles. The summed E-state index contributed by atoms with van der Waals surface area (Å²) in [6, 6.07) is 0. The van der Waals surface area contributed by atoms with E-state index in [1.54, 1.807) is 14.1 Å². The molecule has 0 radical (unpaired) electrons. The molecule has 0 aromatic rings. The molecule has 0 N–H and O–H groups in total. The normalized spacial score (nSPS) is 29.4. The van der Waals surface area contributed by atoms with Gasteiger partial charge >= 0.3 is 0 Å². The van der Waals surface area contributed by atoms with Crippen LogP contribution in [0.5, 0.6) is 0 Å². The van der Waals surface area contributed by atoms with Crippen molar-refractivity contribution < 1.29 is 8.42 Å². The van der Waals surface area contributed by atoms with Crippen LogP contribution in [0.25, 0.3) is 0 Å². The predicted octanol–water partition coefficient (Wildman–Crippen LogP) is 1.70. The lowest BCUT2D eigenvalue weighted by molar-refractivity contribution is 0.306. The number of nitrogens with zero attached hydrogens (tertiary/aromatic N) is 1. The van der Waals surface area contributed by atoms with Crippen LogP contribution in [0.3, 0.4) is 0 Å². The third-order valence-electron chi connectivity index (χ3n) is 3.14. The molecule has 1 saturated carbocycles. The Morgan fingerprint density at radius 1 is 1.14 bits per heavy atom. The number of rotatable bonds is 3. The molecule has 0 spiro atoms. The van der Waals surface area contributed by atoms with Crippen LogP contribution in [0.15, 0.2) is 0 Å². The van der Waals surface area contributed by atoms with Gasteiger partial charge in [-0.3, -0.25) is 0 Å². The quantitative estimate of drug-likeness (QED) is 0.724. The zero-order chi connectivity index (χ0) is 10.8. The highest BCUT2D eigenvalue weighted by Crippen LogP contribution is 2.29. The average molecular weight is 219 g/mol. The van der Waals surface area contributed by atoms with Gasteiger partial charge in [-0.15, -0.1) is 0 Å². The molecule has 0 atom stereocenters. The molecule has 14 heavy (non-hydrogen) atoms. The standard InChI is InChI=1S/C10H21NO2S/c1-9-4-6-10(7-5-9)8-14(12,13)11(2)3/h9-10H,4-8H2,1-3H3. The van der Waals surface area contributed by atoms with Crippen molar-refractivity contribution in [2.45, 2.75) is 32.6 Å². The van der Waals surface area contributed by atoms with Crippen molar-refractivity contribution in [3.8, 4) is 0 Å². The minimum Gasteiger partial charge on any atom is -0.212 e. The van der Waals surface area contributed by atoms with Gasteiger partial charge in [0.25, 0.3) is 0 Å². The summed E-state index contributed by atoms with van der Waals surface area (Å²) >= 11 is 0. The number of sulfonamides is 1. The lowest BCUT2D eigenvalue weighted by Gasteiger charge is -2.26. The third-order valence-corrected chi connectivity index (χ3v) is 5.14. The molecule has 1 aliphatic rings. The van der Waals surface area contributed by atoms with E-state index in [4.69, 9.17) is 0 Å². The Kier molecular flexibility index (Phi) is 3.95. The Morgan fingerprint density at radius 2 is 1.64 bits per heavy atom. The second-order valence-corrected chi connectivity index (χ2v) is 6.91. The van der Waals surface area contributed by atoms with Crippen molar-refractivity contribution >= 4 is 10.0 Å². The molecular weight excluding hydrogens is 198 g/mol. The Hall–Kier alpha value is -0.0900. The van der Waals surface area contributed by atoms with Crippen molar-refractivity contribution in [3.05, 3.63) is 0 Å². The van der Waals surface area contributed by atoms with Crippen molar-refractivity contribution in [3.63, 3.8) is 0 Å². The van der Waals surface area contributed by atoms with Crippen LogP contribution < -0.4 is 0 Å². The van der Waals surface area contributed by atoms with E-state index in [1.165, 1.54) is 17.1 Å². The second-order valence-electron chi connectivity index (χ2n) is 4.69. The van der Waals surface area contributed by atoms with E-state index < -0.39 is 10.0 Å². The van der Waals surface area contributed by atoms with Crippen LogP contribution in [0.1, 0.15) is 32.6 Å². The van der Waals surface area contributed by atoms with Gasteiger partial charge in [-0.2, -0.15) is 0 Å². The zero-order valence-electron chi connectivity index (χ0n) is 9.36. The van der Waals surface area contributed by atoms with Gasteiger partial charge in [-0.05, 0) is 24.7 Å². The Labute approximate surface area is 87.5 Å². The van der Waals surface area contributed by atoms with Crippen LogP contribution in [0, 0.1) is 11.8 Å². The molecule has 84 valence electrons. The fraction of sp³-hybridized carbons (Fsp3) is 1.00. The Balaban J connectivity index is 2.46. The van der Waals surface area contributed by atoms with Gasteiger partial charge in [0.1, 0.15) is 0 Å². The molecule has 0 aromatic carbocycles. The number of hydrogen-bond acceptors (Lipinski definition) is 2. The van der Waals surface area contributed by atoms with Gasteiger partial charge in [0.05, 0.1) is 5.75 Å². The molecule has 3 nitrogen and oxygen atoms in total.